The van der Waals surface area contributed by atoms with Gasteiger partial charge in [-0.1, -0.05) is 62.7 Å². The van der Waals surface area contributed by atoms with Crippen LogP contribution >= 0.6 is 0 Å². The molecular weight excluding hydrogens is 382 g/mol. The van der Waals surface area contributed by atoms with Crippen molar-refractivity contribution >= 4 is 32.3 Å². The summed E-state index contributed by atoms with van der Waals surface area (Å²) in [5, 5.41) is 4.69. The molecule has 3 rings (SSSR count). The third-order valence-electron chi connectivity index (χ3n) is 5.85. The third kappa shape index (κ3) is 5.44. The van der Waals surface area contributed by atoms with E-state index in [-0.39, 0.29) is 11.2 Å². The Morgan fingerprint density at radius 1 is 0.931 bits per heavy atom. The first-order valence-electron chi connectivity index (χ1n) is 10.2. The molecule has 0 saturated carbocycles. The van der Waals surface area contributed by atoms with Crippen LogP contribution in [0.3, 0.4) is 0 Å². The molecule has 3 aromatic carbocycles. The molecule has 3 aromatic rings. The second-order valence-electron chi connectivity index (χ2n) is 7.96. The Bertz CT molecular complexity index is 1060. The molecule has 1 atom stereocenters. The van der Waals surface area contributed by atoms with Gasteiger partial charge in [0.05, 0.1) is 5.75 Å². The van der Waals surface area contributed by atoms with Crippen molar-refractivity contribution < 1.29 is 18.3 Å². The van der Waals surface area contributed by atoms with E-state index in [9.17, 15) is 8.42 Å². The molecule has 0 aliphatic heterocycles. The number of hydrogen-bond donors (Lipinski definition) is 2. The molecule has 3 N–H and O–H groups in total. The maximum Gasteiger partial charge on any atom is 0.264 e. The zero-order valence-corrected chi connectivity index (χ0v) is 18.0. The maximum atomic E-state index is 11.1. The number of hydrogen-bond acceptors (Lipinski definition) is 2. The first-order valence-corrected chi connectivity index (χ1v) is 11.8. The van der Waals surface area contributed by atoms with Gasteiger partial charge in [-0.05, 0) is 53.6 Å². The van der Waals surface area contributed by atoms with Crippen LogP contribution in [-0.4, -0.2) is 18.7 Å². The van der Waals surface area contributed by atoms with Crippen molar-refractivity contribution in [1.29, 1.82) is 0 Å². The molecule has 4 nitrogen and oxygen atoms in total. The fraction of sp³-hybridized carbons (Fsp3) is 0.333. The fourth-order valence-corrected chi connectivity index (χ4v) is 4.66. The molecule has 0 radical (unpaired) electrons. The number of fused-ring (bicyclic) bond motifs is 1. The minimum absolute atomic E-state index is 0.0965. The van der Waals surface area contributed by atoms with Gasteiger partial charge in [0.2, 0.25) is 0 Å². The third-order valence-corrected chi connectivity index (χ3v) is 6.65. The van der Waals surface area contributed by atoms with E-state index in [1.807, 2.05) is 18.2 Å². The van der Waals surface area contributed by atoms with Crippen molar-refractivity contribution in [2.45, 2.75) is 44.9 Å². The summed E-state index contributed by atoms with van der Waals surface area (Å²) in [5.41, 5.74) is 3.58. The van der Waals surface area contributed by atoms with Gasteiger partial charge in [0.1, 0.15) is 11.4 Å². The summed E-state index contributed by atoms with van der Waals surface area (Å²) in [4.78, 5) is 0. The summed E-state index contributed by atoms with van der Waals surface area (Å²) in [5.74, 6) is -0.175. The van der Waals surface area contributed by atoms with Gasteiger partial charge in [0, 0.05) is 11.6 Å². The number of quaternary nitrogens is 1. The Morgan fingerprint density at radius 3 is 2.31 bits per heavy atom. The number of benzene rings is 3. The van der Waals surface area contributed by atoms with Crippen LogP contribution in [-0.2, 0) is 15.5 Å². The monoisotopic (exact) mass is 412 g/mol. The van der Waals surface area contributed by atoms with Crippen LogP contribution in [0.4, 0.5) is 11.4 Å². The van der Waals surface area contributed by atoms with E-state index in [0.29, 0.717) is 6.42 Å². The quantitative estimate of drug-likeness (QED) is 0.292. The van der Waals surface area contributed by atoms with E-state index in [0.717, 1.165) is 24.9 Å². The summed E-state index contributed by atoms with van der Waals surface area (Å²) >= 11 is 0. The average molecular weight is 413 g/mol. The Labute approximate surface area is 173 Å². The highest BCUT2D eigenvalue weighted by molar-refractivity contribution is 7.85. The summed E-state index contributed by atoms with van der Waals surface area (Å²) in [6, 6.07) is 23.1. The van der Waals surface area contributed by atoms with Crippen LogP contribution in [0.15, 0.2) is 66.7 Å². The lowest BCUT2D eigenvalue weighted by Gasteiger charge is -2.31. The van der Waals surface area contributed by atoms with Crippen molar-refractivity contribution in [1.82, 2.24) is 0 Å². The molecule has 0 amide bonds. The first kappa shape index (κ1) is 21.5. The van der Waals surface area contributed by atoms with Crippen molar-refractivity contribution in [3.05, 3.63) is 72.3 Å². The molecule has 0 spiro atoms. The van der Waals surface area contributed by atoms with E-state index in [2.05, 4.69) is 67.7 Å². The highest BCUT2D eigenvalue weighted by atomic mass is 32.2. The van der Waals surface area contributed by atoms with E-state index >= 15 is 0 Å². The fourth-order valence-electron chi connectivity index (χ4n) is 4.09. The lowest BCUT2D eigenvalue weighted by molar-refractivity contribution is -0.479. The normalized spacial score (nSPS) is 14.0. The Morgan fingerprint density at radius 2 is 1.62 bits per heavy atom. The number of nitrogens with two attached hydrogens (primary N) is 1. The molecule has 0 saturated heterocycles. The second kappa shape index (κ2) is 9.08. The van der Waals surface area contributed by atoms with Crippen LogP contribution < -0.4 is 5.32 Å². The molecule has 0 aliphatic carbocycles. The molecule has 0 heterocycles. The molecule has 154 valence electrons. The van der Waals surface area contributed by atoms with Crippen molar-refractivity contribution in [3.8, 4) is 0 Å². The minimum Gasteiger partial charge on any atom is -0.286 e. The predicted molar refractivity (Wildman–Crippen MR) is 120 cm³/mol. The van der Waals surface area contributed by atoms with E-state index in [1.54, 1.807) is 0 Å². The van der Waals surface area contributed by atoms with Gasteiger partial charge in [0.15, 0.2) is 0 Å². The van der Waals surface area contributed by atoms with E-state index in [4.69, 9.17) is 4.55 Å². The molecular formula is C24H30NO3S+. The van der Waals surface area contributed by atoms with Crippen LogP contribution in [0.1, 0.15) is 45.1 Å². The number of unbranched alkanes of at least 4 members (excludes halogenated alkanes) is 1. The number of para-hydroxylation sites is 1. The molecule has 0 fully saturated rings. The van der Waals surface area contributed by atoms with Crippen LogP contribution in [0.5, 0.6) is 0 Å². The lowest BCUT2D eigenvalue weighted by atomic mass is 9.73. The predicted octanol–water partition coefficient (Wildman–Crippen LogP) is 5.09. The maximum absolute atomic E-state index is 11.1. The molecule has 29 heavy (non-hydrogen) atoms. The average Bonchev–Trinajstić information content (AvgIpc) is 2.71. The van der Waals surface area contributed by atoms with Crippen LogP contribution in [0.25, 0.3) is 10.8 Å². The molecule has 0 aliphatic rings. The molecule has 5 heteroatoms. The van der Waals surface area contributed by atoms with Gasteiger partial charge in [-0.3, -0.25) is 9.87 Å². The summed E-state index contributed by atoms with van der Waals surface area (Å²) in [7, 11) is -3.90. The molecule has 1 unspecified atom stereocenters. The van der Waals surface area contributed by atoms with E-state index < -0.39 is 10.1 Å². The van der Waals surface area contributed by atoms with Gasteiger partial charge < -0.3 is 0 Å². The highest BCUT2D eigenvalue weighted by Gasteiger charge is 2.31. The standard InChI is InChI=1S/C24H29NO3S/c1-3-24(2,17-9-10-18-29(26,27)28)23-21-14-8-7-11-19(21)15-16-22(23)25-20-12-5-4-6-13-20/h4-8,11-16,25H,3,9-10,17-18H2,1-2H3,(H,26,27,28)/p+1. The summed E-state index contributed by atoms with van der Waals surface area (Å²) in [6.45, 7) is 4.46. The highest BCUT2D eigenvalue weighted by Crippen LogP contribution is 2.40. The van der Waals surface area contributed by atoms with Gasteiger partial charge in [-0.15, -0.1) is 0 Å². The zero-order valence-electron chi connectivity index (χ0n) is 17.1. The van der Waals surface area contributed by atoms with Crippen molar-refractivity contribution in [3.63, 3.8) is 0 Å². The van der Waals surface area contributed by atoms with Gasteiger partial charge in [-0.25, -0.2) is 0 Å². The Kier molecular flexibility index (Phi) is 6.73. The SMILES string of the molecule is CCC(C)(CCCCS(=O)(=O)O)c1c([NH2+]c2ccccc2)ccc2ccccc12. The number of rotatable bonds is 9. The first-order chi connectivity index (χ1) is 13.8. The van der Waals surface area contributed by atoms with Crippen LogP contribution in [0, 0.1) is 0 Å². The largest absolute Gasteiger partial charge is 0.286 e. The van der Waals surface area contributed by atoms with Gasteiger partial charge >= 0.3 is 0 Å². The summed E-state index contributed by atoms with van der Waals surface area (Å²) < 4.78 is 31.2. The van der Waals surface area contributed by atoms with Crippen LogP contribution in [0.2, 0.25) is 0 Å². The van der Waals surface area contributed by atoms with Crippen molar-refractivity contribution in [2.24, 2.45) is 0 Å². The van der Waals surface area contributed by atoms with E-state index in [1.165, 1.54) is 22.0 Å². The summed E-state index contributed by atoms with van der Waals surface area (Å²) in [6.07, 6.45) is 3.03. The molecule has 0 bridgehead atoms. The smallest absolute Gasteiger partial charge is 0.264 e. The van der Waals surface area contributed by atoms with Crippen molar-refractivity contribution in [2.75, 3.05) is 5.75 Å². The Balaban J connectivity index is 2.00. The van der Waals surface area contributed by atoms with Gasteiger partial charge in [0.25, 0.3) is 10.1 Å². The zero-order chi connectivity index (χ0) is 20.9. The molecule has 0 aromatic heterocycles. The second-order valence-corrected chi connectivity index (χ2v) is 9.54. The minimum atomic E-state index is -3.90. The Hall–Kier alpha value is -2.21. The topological polar surface area (TPSA) is 71.0 Å². The lowest BCUT2D eigenvalue weighted by Crippen LogP contribution is -2.71. The van der Waals surface area contributed by atoms with Gasteiger partial charge in [-0.2, -0.15) is 8.42 Å².